The maximum Gasteiger partial charge on any atom is 0.214 e. The predicted molar refractivity (Wildman–Crippen MR) is 63.9 cm³/mol. The van der Waals surface area contributed by atoms with E-state index in [9.17, 15) is 8.42 Å². The minimum Gasteiger partial charge on any atom is -0.374 e. The first-order valence-corrected chi connectivity index (χ1v) is 7.30. The Morgan fingerprint density at radius 2 is 2.19 bits per heavy atom. The monoisotopic (exact) mass is 250 g/mol. The number of likely N-dealkylation sites (N-methyl/N-ethyl adjacent to an activating group) is 1. The summed E-state index contributed by atoms with van der Waals surface area (Å²) in [4.78, 5) is 0. The van der Waals surface area contributed by atoms with Gasteiger partial charge in [0, 0.05) is 19.6 Å². The highest BCUT2D eigenvalue weighted by molar-refractivity contribution is 7.89. The lowest BCUT2D eigenvalue weighted by molar-refractivity contribution is 0.000764. The summed E-state index contributed by atoms with van der Waals surface area (Å²) in [5.41, 5.74) is 0. The molecule has 0 aromatic rings. The Morgan fingerprint density at radius 3 is 2.75 bits per heavy atom. The van der Waals surface area contributed by atoms with Gasteiger partial charge in [0.25, 0.3) is 0 Å². The van der Waals surface area contributed by atoms with Crippen molar-refractivity contribution in [2.24, 2.45) is 5.92 Å². The Morgan fingerprint density at radius 1 is 1.50 bits per heavy atom. The quantitative estimate of drug-likeness (QED) is 0.740. The molecule has 0 spiro atoms. The van der Waals surface area contributed by atoms with Crippen molar-refractivity contribution in [1.82, 2.24) is 9.62 Å². The molecule has 0 radical (unpaired) electrons. The highest BCUT2D eigenvalue weighted by atomic mass is 32.2. The van der Waals surface area contributed by atoms with Crippen LogP contribution in [0, 0.1) is 5.92 Å². The highest BCUT2D eigenvalue weighted by Gasteiger charge is 2.29. The van der Waals surface area contributed by atoms with E-state index in [-0.39, 0.29) is 17.8 Å². The van der Waals surface area contributed by atoms with E-state index in [0.29, 0.717) is 26.2 Å². The first-order valence-electron chi connectivity index (χ1n) is 5.69. The highest BCUT2D eigenvalue weighted by Crippen LogP contribution is 2.12. The van der Waals surface area contributed by atoms with Gasteiger partial charge in [0.1, 0.15) is 0 Å². The second-order valence-corrected chi connectivity index (χ2v) is 6.59. The van der Waals surface area contributed by atoms with Gasteiger partial charge < -0.3 is 10.1 Å². The van der Waals surface area contributed by atoms with E-state index in [0.717, 1.165) is 0 Å². The van der Waals surface area contributed by atoms with Crippen molar-refractivity contribution in [3.8, 4) is 0 Å². The third kappa shape index (κ3) is 4.01. The number of sulfonamides is 1. The van der Waals surface area contributed by atoms with Crippen LogP contribution in [0.15, 0.2) is 0 Å². The molecule has 1 atom stereocenters. The normalized spacial score (nSPS) is 23.9. The van der Waals surface area contributed by atoms with Crippen LogP contribution in [0.1, 0.15) is 13.8 Å². The van der Waals surface area contributed by atoms with Crippen LogP contribution in [0.2, 0.25) is 0 Å². The molecule has 1 aliphatic heterocycles. The smallest absolute Gasteiger partial charge is 0.214 e. The molecule has 1 heterocycles. The van der Waals surface area contributed by atoms with E-state index in [1.807, 2.05) is 20.9 Å². The third-order valence-corrected chi connectivity index (χ3v) is 4.68. The Labute approximate surface area is 98.2 Å². The number of ether oxygens (including phenoxy) is 1. The molecule has 5 nitrogen and oxygen atoms in total. The van der Waals surface area contributed by atoms with E-state index in [2.05, 4.69) is 5.32 Å². The van der Waals surface area contributed by atoms with E-state index in [1.165, 1.54) is 0 Å². The van der Waals surface area contributed by atoms with Gasteiger partial charge in [-0.25, -0.2) is 8.42 Å². The molecule has 1 saturated heterocycles. The fourth-order valence-corrected chi connectivity index (χ4v) is 3.62. The Balaban J connectivity index is 2.59. The van der Waals surface area contributed by atoms with Crippen LogP contribution in [-0.4, -0.2) is 57.9 Å². The molecule has 1 aliphatic rings. The lowest BCUT2D eigenvalue weighted by Crippen LogP contribution is -2.49. The number of hydrogen-bond donors (Lipinski definition) is 1. The molecule has 1 rings (SSSR count). The van der Waals surface area contributed by atoms with Crippen LogP contribution in [0.4, 0.5) is 0 Å². The molecular formula is C10H22N2O3S. The molecule has 0 aromatic carbocycles. The standard InChI is InChI=1S/C10H22N2O3S/c1-9(2)8-16(13,14)12-4-5-15-10(7-12)6-11-3/h9-11H,4-8H2,1-3H3. The summed E-state index contributed by atoms with van der Waals surface area (Å²) in [6.45, 7) is 5.97. The van der Waals surface area contributed by atoms with Gasteiger partial charge in [-0.15, -0.1) is 0 Å². The Bertz CT molecular complexity index is 301. The van der Waals surface area contributed by atoms with Gasteiger partial charge in [-0.3, -0.25) is 0 Å². The number of hydrogen-bond acceptors (Lipinski definition) is 4. The van der Waals surface area contributed by atoms with Gasteiger partial charge in [0.2, 0.25) is 10.0 Å². The Hall–Kier alpha value is -0.170. The first-order chi connectivity index (χ1) is 7.45. The molecule has 0 amide bonds. The summed E-state index contributed by atoms with van der Waals surface area (Å²) in [7, 11) is -1.27. The molecule has 16 heavy (non-hydrogen) atoms. The molecule has 1 fully saturated rings. The van der Waals surface area contributed by atoms with Crippen LogP contribution in [0.25, 0.3) is 0 Å². The van der Waals surface area contributed by atoms with E-state index >= 15 is 0 Å². The molecule has 0 aliphatic carbocycles. The fraction of sp³-hybridized carbons (Fsp3) is 1.00. The van der Waals surface area contributed by atoms with Gasteiger partial charge in [-0.1, -0.05) is 13.8 Å². The average molecular weight is 250 g/mol. The molecule has 96 valence electrons. The van der Waals surface area contributed by atoms with Crippen molar-refractivity contribution >= 4 is 10.0 Å². The number of nitrogens with one attached hydrogen (secondary N) is 1. The van der Waals surface area contributed by atoms with Crippen LogP contribution < -0.4 is 5.32 Å². The zero-order valence-corrected chi connectivity index (χ0v) is 11.1. The van der Waals surface area contributed by atoms with Gasteiger partial charge in [0.15, 0.2) is 0 Å². The lowest BCUT2D eigenvalue weighted by atomic mass is 10.3. The molecule has 1 N–H and O–H groups in total. The van der Waals surface area contributed by atoms with Gasteiger partial charge in [-0.05, 0) is 13.0 Å². The van der Waals surface area contributed by atoms with E-state index in [1.54, 1.807) is 4.31 Å². The van der Waals surface area contributed by atoms with Crippen LogP contribution in [-0.2, 0) is 14.8 Å². The predicted octanol–water partition coefficient (Wildman–Crippen LogP) is -0.108. The summed E-state index contributed by atoms with van der Waals surface area (Å²) < 4.78 is 31.0. The summed E-state index contributed by atoms with van der Waals surface area (Å²) in [5.74, 6) is 0.384. The summed E-state index contributed by atoms with van der Waals surface area (Å²) in [5, 5.41) is 3.00. The van der Waals surface area contributed by atoms with Crippen molar-refractivity contribution in [3.63, 3.8) is 0 Å². The summed E-state index contributed by atoms with van der Waals surface area (Å²) >= 11 is 0. The van der Waals surface area contributed by atoms with Crippen molar-refractivity contribution in [1.29, 1.82) is 0 Å². The largest absolute Gasteiger partial charge is 0.374 e. The fourth-order valence-electron chi connectivity index (χ4n) is 1.82. The van der Waals surface area contributed by atoms with Crippen LogP contribution in [0.5, 0.6) is 0 Å². The molecule has 0 aromatic heterocycles. The maximum atomic E-state index is 12.0. The van der Waals surface area contributed by atoms with Gasteiger partial charge in [0.05, 0.1) is 18.5 Å². The van der Waals surface area contributed by atoms with Gasteiger partial charge in [-0.2, -0.15) is 4.31 Å². The second kappa shape index (κ2) is 5.95. The molecule has 6 heteroatoms. The minimum atomic E-state index is -3.11. The third-order valence-electron chi connectivity index (χ3n) is 2.47. The first kappa shape index (κ1) is 13.9. The number of morpholine rings is 1. The molecule has 1 unspecified atom stereocenters. The topological polar surface area (TPSA) is 58.6 Å². The molecule has 0 saturated carbocycles. The Kier molecular flexibility index (Phi) is 5.17. The summed E-state index contributed by atoms with van der Waals surface area (Å²) in [6.07, 6.45) is -0.0271. The van der Waals surface area contributed by atoms with E-state index in [4.69, 9.17) is 4.74 Å². The molecular weight excluding hydrogens is 228 g/mol. The maximum absolute atomic E-state index is 12.0. The van der Waals surface area contributed by atoms with Crippen molar-refractivity contribution in [2.45, 2.75) is 20.0 Å². The minimum absolute atomic E-state index is 0.0271. The van der Waals surface area contributed by atoms with Gasteiger partial charge >= 0.3 is 0 Å². The number of nitrogens with zero attached hydrogens (tertiary/aromatic N) is 1. The second-order valence-electron chi connectivity index (χ2n) is 4.58. The zero-order chi connectivity index (χ0) is 12.2. The van der Waals surface area contributed by atoms with Crippen LogP contribution in [0.3, 0.4) is 0 Å². The zero-order valence-electron chi connectivity index (χ0n) is 10.3. The van der Waals surface area contributed by atoms with Crippen molar-refractivity contribution in [3.05, 3.63) is 0 Å². The van der Waals surface area contributed by atoms with Crippen LogP contribution >= 0.6 is 0 Å². The number of rotatable bonds is 5. The van der Waals surface area contributed by atoms with E-state index < -0.39 is 10.0 Å². The van der Waals surface area contributed by atoms with Crippen molar-refractivity contribution < 1.29 is 13.2 Å². The lowest BCUT2D eigenvalue weighted by Gasteiger charge is -2.32. The average Bonchev–Trinajstić information content (AvgIpc) is 2.16. The summed E-state index contributed by atoms with van der Waals surface area (Å²) in [6, 6.07) is 0. The van der Waals surface area contributed by atoms with Crippen molar-refractivity contribution in [2.75, 3.05) is 39.0 Å². The SMILES string of the molecule is CNCC1CN(S(=O)(=O)CC(C)C)CCO1. The molecule has 0 bridgehead atoms.